The molecule has 0 aromatic heterocycles. The quantitative estimate of drug-likeness (QED) is 0.899. The Morgan fingerprint density at radius 1 is 1.20 bits per heavy atom. The number of aryl methyl sites for hydroxylation is 1. The van der Waals surface area contributed by atoms with Crippen molar-refractivity contribution in [2.45, 2.75) is 32.9 Å². The van der Waals surface area contributed by atoms with E-state index in [9.17, 15) is 0 Å². The van der Waals surface area contributed by atoms with Crippen LogP contribution in [0.25, 0.3) is 0 Å². The number of nitrogens with two attached hydrogens (primary N) is 1. The molecule has 0 aliphatic rings. The number of ether oxygens (including phenoxy) is 1. The normalized spacial score (nSPS) is 12.2. The molecule has 3 heteroatoms. The summed E-state index contributed by atoms with van der Waals surface area (Å²) >= 11 is 6.04. The highest BCUT2D eigenvalue weighted by molar-refractivity contribution is 6.30. The van der Waals surface area contributed by atoms with Crippen molar-refractivity contribution in [1.29, 1.82) is 0 Å². The van der Waals surface area contributed by atoms with Gasteiger partial charge in [-0.15, -0.1) is 0 Å². The minimum absolute atomic E-state index is 0.0785. The summed E-state index contributed by atoms with van der Waals surface area (Å²) in [5.41, 5.74) is 9.32. The third-order valence-electron chi connectivity index (χ3n) is 3.04. The highest BCUT2D eigenvalue weighted by atomic mass is 35.5. The number of hydrogen-bond donors (Lipinski definition) is 1. The van der Waals surface area contributed by atoms with Gasteiger partial charge in [-0.3, -0.25) is 0 Å². The van der Waals surface area contributed by atoms with Crippen LogP contribution in [-0.2, 0) is 13.0 Å². The lowest BCUT2D eigenvalue weighted by Gasteiger charge is -2.14. The molecule has 0 saturated heterocycles. The van der Waals surface area contributed by atoms with Crippen molar-refractivity contribution in [3.63, 3.8) is 0 Å². The molecule has 2 N–H and O–H groups in total. The fourth-order valence-corrected chi connectivity index (χ4v) is 2.35. The van der Waals surface area contributed by atoms with Crippen molar-refractivity contribution >= 4 is 11.6 Å². The van der Waals surface area contributed by atoms with E-state index in [2.05, 4.69) is 25.1 Å². The monoisotopic (exact) mass is 289 g/mol. The van der Waals surface area contributed by atoms with E-state index in [0.717, 1.165) is 23.3 Å². The molecular formula is C17H20ClNO. The smallest absolute Gasteiger partial charge is 0.123 e. The van der Waals surface area contributed by atoms with Crippen molar-refractivity contribution < 1.29 is 4.74 Å². The zero-order valence-corrected chi connectivity index (χ0v) is 12.7. The topological polar surface area (TPSA) is 35.2 Å². The summed E-state index contributed by atoms with van der Waals surface area (Å²) < 4.78 is 5.92. The van der Waals surface area contributed by atoms with Crippen molar-refractivity contribution in [1.82, 2.24) is 0 Å². The summed E-state index contributed by atoms with van der Waals surface area (Å²) in [6.45, 7) is 4.60. The summed E-state index contributed by atoms with van der Waals surface area (Å²) in [6, 6.07) is 14.1. The fraction of sp³-hybridized carbons (Fsp3) is 0.294. The predicted octanol–water partition coefficient (Wildman–Crippen LogP) is 4.12. The van der Waals surface area contributed by atoms with E-state index in [1.54, 1.807) is 0 Å². The molecule has 2 aromatic rings. The van der Waals surface area contributed by atoms with Gasteiger partial charge >= 0.3 is 0 Å². The van der Waals surface area contributed by atoms with E-state index in [1.807, 2.05) is 31.2 Å². The molecule has 0 amide bonds. The van der Waals surface area contributed by atoms with E-state index in [0.29, 0.717) is 11.6 Å². The zero-order chi connectivity index (χ0) is 14.5. The Morgan fingerprint density at radius 2 is 2.00 bits per heavy atom. The SMILES string of the molecule is Cc1cccc(COc2ccc(Cl)cc2CC(C)N)c1. The Balaban J connectivity index is 2.12. The van der Waals surface area contributed by atoms with Crippen LogP contribution < -0.4 is 10.5 Å². The summed E-state index contributed by atoms with van der Waals surface area (Å²) in [4.78, 5) is 0. The van der Waals surface area contributed by atoms with Crippen LogP contribution in [0.4, 0.5) is 0 Å². The molecule has 20 heavy (non-hydrogen) atoms. The second-order valence-electron chi connectivity index (χ2n) is 5.21. The lowest BCUT2D eigenvalue weighted by Crippen LogP contribution is -2.18. The molecule has 0 saturated carbocycles. The molecule has 0 aliphatic carbocycles. The van der Waals surface area contributed by atoms with Crippen molar-refractivity contribution in [2.75, 3.05) is 0 Å². The van der Waals surface area contributed by atoms with E-state index >= 15 is 0 Å². The minimum atomic E-state index is 0.0785. The molecule has 0 heterocycles. The van der Waals surface area contributed by atoms with E-state index < -0.39 is 0 Å². The zero-order valence-electron chi connectivity index (χ0n) is 11.9. The molecule has 1 unspecified atom stereocenters. The maximum Gasteiger partial charge on any atom is 0.123 e. The molecule has 106 valence electrons. The number of rotatable bonds is 5. The van der Waals surface area contributed by atoms with Crippen LogP contribution in [0.2, 0.25) is 5.02 Å². The van der Waals surface area contributed by atoms with Gasteiger partial charge in [-0.25, -0.2) is 0 Å². The highest BCUT2D eigenvalue weighted by Gasteiger charge is 2.07. The average molecular weight is 290 g/mol. The van der Waals surface area contributed by atoms with Crippen LogP contribution in [0.15, 0.2) is 42.5 Å². The van der Waals surface area contributed by atoms with Crippen LogP contribution in [0.3, 0.4) is 0 Å². The maximum atomic E-state index is 6.04. The van der Waals surface area contributed by atoms with Gasteiger partial charge in [0.25, 0.3) is 0 Å². The van der Waals surface area contributed by atoms with Crippen molar-refractivity contribution in [2.24, 2.45) is 5.73 Å². The predicted molar refractivity (Wildman–Crippen MR) is 84.3 cm³/mol. The minimum Gasteiger partial charge on any atom is -0.489 e. The van der Waals surface area contributed by atoms with Crippen molar-refractivity contribution in [3.8, 4) is 5.75 Å². The second kappa shape index (κ2) is 6.78. The van der Waals surface area contributed by atoms with Crippen LogP contribution in [0.1, 0.15) is 23.6 Å². The Hall–Kier alpha value is -1.51. The van der Waals surface area contributed by atoms with Gasteiger partial charge < -0.3 is 10.5 Å². The Bertz CT molecular complexity index is 581. The summed E-state index contributed by atoms with van der Waals surface area (Å²) in [6.07, 6.45) is 0.754. The molecule has 0 spiro atoms. The molecule has 2 aromatic carbocycles. The van der Waals surface area contributed by atoms with Crippen LogP contribution in [-0.4, -0.2) is 6.04 Å². The molecule has 1 atom stereocenters. The molecular weight excluding hydrogens is 270 g/mol. The molecule has 0 aliphatic heterocycles. The van der Waals surface area contributed by atoms with Gasteiger partial charge in [-0.05, 0) is 49.6 Å². The largest absolute Gasteiger partial charge is 0.489 e. The van der Waals surface area contributed by atoms with Gasteiger partial charge in [0.15, 0.2) is 0 Å². The Labute approximate surface area is 125 Å². The van der Waals surface area contributed by atoms with Gasteiger partial charge in [0.05, 0.1) is 0 Å². The number of hydrogen-bond acceptors (Lipinski definition) is 2. The third-order valence-corrected chi connectivity index (χ3v) is 3.28. The van der Waals surface area contributed by atoms with Gasteiger partial charge in [0.2, 0.25) is 0 Å². The fourth-order valence-electron chi connectivity index (χ4n) is 2.16. The first kappa shape index (κ1) is 14.9. The molecule has 0 fully saturated rings. The highest BCUT2D eigenvalue weighted by Crippen LogP contribution is 2.25. The van der Waals surface area contributed by atoms with Gasteiger partial charge in [0, 0.05) is 11.1 Å². The van der Waals surface area contributed by atoms with Gasteiger partial charge in [-0.2, -0.15) is 0 Å². The Morgan fingerprint density at radius 3 is 2.70 bits per heavy atom. The average Bonchev–Trinajstić information content (AvgIpc) is 2.37. The summed E-state index contributed by atoms with van der Waals surface area (Å²) in [7, 11) is 0. The second-order valence-corrected chi connectivity index (χ2v) is 5.65. The Kier molecular flexibility index (Phi) is 5.05. The van der Waals surface area contributed by atoms with E-state index in [4.69, 9.17) is 22.1 Å². The lowest BCUT2D eigenvalue weighted by molar-refractivity contribution is 0.302. The maximum absolute atomic E-state index is 6.04. The van der Waals surface area contributed by atoms with E-state index in [-0.39, 0.29) is 6.04 Å². The number of benzene rings is 2. The summed E-state index contributed by atoms with van der Waals surface area (Å²) in [5.74, 6) is 0.855. The third kappa shape index (κ3) is 4.26. The summed E-state index contributed by atoms with van der Waals surface area (Å²) in [5, 5.41) is 0.712. The molecule has 0 radical (unpaired) electrons. The molecule has 2 rings (SSSR count). The van der Waals surface area contributed by atoms with E-state index in [1.165, 1.54) is 5.56 Å². The van der Waals surface area contributed by atoms with Gasteiger partial charge in [0.1, 0.15) is 12.4 Å². The first-order valence-corrected chi connectivity index (χ1v) is 7.15. The van der Waals surface area contributed by atoms with Gasteiger partial charge in [-0.1, -0.05) is 41.4 Å². The van der Waals surface area contributed by atoms with Crippen molar-refractivity contribution in [3.05, 3.63) is 64.2 Å². The number of halogens is 1. The van der Waals surface area contributed by atoms with Crippen LogP contribution in [0, 0.1) is 6.92 Å². The molecule has 0 bridgehead atoms. The molecule has 2 nitrogen and oxygen atoms in total. The first-order valence-electron chi connectivity index (χ1n) is 6.77. The lowest BCUT2D eigenvalue weighted by atomic mass is 10.1. The first-order chi connectivity index (χ1) is 9.54. The van der Waals surface area contributed by atoms with Crippen LogP contribution in [0.5, 0.6) is 5.75 Å². The standard InChI is InChI=1S/C17H20ClNO/c1-12-4-3-5-14(8-12)11-20-17-7-6-16(18)10-15(17)9-13(2)19/h3-8,10,13H,9,11,19H2,1-2H3. The van der Waals surface area contributed by atoms with Crippen LogP contribution >= 0.6 is 11.6 Å².